The number of aromatic nitrogens is 1. The number of nitrogens with zero attached hydrogens (tertiary/aromatic N) is 2. The number of alkyl halides is 3. The Morgan fingerprint density at radius 2 is 1.71 bits per heavy atom. The molecule has 2 saturated carbocycles. The molecular weight excluding hydrogens is 888 g/mol. The Balaban J connectivity index is 0. The fourth-order valence-electron chi connectivity index (χ4n) is 7.19. The van der Waals surface area contributed by atoms with Crippen molar-refractivity contribution in [1.82, 2.24) is 25.2 Å². The van der Waals surface area contributed by atoms with Crippen molar-refractivity contribution in [3.05, 3.63) is 36.4 Å². The number of benzene rings is 1. The van der Waals surface area contributed by atoms with Gasteiger partial charge in [0, 0.05) is 34.7 Å². The highest BCUT2D eigenvalue weighted by molar-refractivity contribution is 7.91. The monoisotopic (exact) mass is 966 g/mol. The lowest BCUT2D eigenvalue weighted by Gasteiger charge is -2.34. The van der Waals surface area contributed by atoms with Crippen molar-refractivity contribution in [1.29, 1.82) is 0 Å². The van der Waals surface area contributed by atoms with Crippen molar-refractivity contribution in [2.24, 2.45) is 5.92 Å². The highest BCUT2D eigenvalue weighted by Crippen LogP contribution is 2.47. The number of amides is 4. The second kappa shape index (κ2) is 23.2. The lowest BCUT2D eigenvalue weighted by molar-refractivity contribution is -0.244. The normalized spacial score (nSPS) is 25.2. The topological polar surface area (TPSA) is 201 Å². The van der Waals surface area contributed by atoms with Gasteiger partial charge in [0.25, 0.3) is 5.91 Å². The van der Waals surface area contributed by atoms with Crippen LogP contribution in [0.1, 0.15) is 126 Å². The SMILES string of the molecule is C.C.CC.CCC.CC[C@@H]1OCCC/C=C\[C@@H]2C[C@@]2(C(=O)NS(=O)(=O)C2(C)CC2)NC(=O)[C@@H]2C[C@@H](Oc3nc(OC)cc4cc(OC)ccc34)CN2C(=O)[C@H]1NC(=O)OC(C)(C)C(F)(F)F.[HH].[HH].[HH]. The Bertz CT molecular complexity index is 2150. The van der Waals surface area contributed by atoms with Gasteiger partial charge in [0.15, 0.2) is 0 Å². The number of pyridine rings is 1. The van der Waals surface area contributed by atoms with E-state index in [1.165, 1.54) is 27.6 Å². The Morgan fingerprint density at radius 1 is 1.06 bits per heavy atom. The summed E-state index contributed by atoms with van der Waals surface area (Å²) >= 11 is 0. The molecule has 1 saturated heterocycles. The van der Waals surface area contributed by atoms with Gasteiger partial charge in [-0.2, -0.15) is 18.2 Å². The van der Waals surface area contributed by atoms with Crippen LogP contribution in [0.2, 0.25) is 0 Å². The Kier molecular flexibility index (Phi) is 20.2. The number of halogens is 3. The standard InChI is InChI=1S/C39H50F3N5O11S.C3H8.C2H6.2CH4.3H2/c1-7-28-30(44-35(51)58-36(2,3)39(40,41)42)33(49)47-21-25(57-32-26-13-12-24(54-5)17-22(26)18-29(43-32)55-6)19-27(47)31(48)45-38(20-23(38)11-9-8-10-16-56-28)34(50)46-59(52,53)37(4)14-15-37;1-3-2;1-2;;;;;/h9,11-13,17-18,23,25,27-28,30H,7-8,10,14-16,19-21H2,1-6H3,(H,44,51)(H,45,48)(H,46,50);3H2,1-2H3;1-2H3;2*1H4;3*1H/b11-9-;;;;;;;/t23-,25-,27+,28+,30+,38-;;;;;;;/m1......./s1. The van der Waals surface area contributed by atoms with Crippen LogP contribution in [0, 0.1) is 5.92 Å². The van der Waals surface area contributed by atoms with Crippen LogP contribution in [0.3, 0.4) is 0 Å². The third-order valence-corrected chi connectivity index (χ3v) is 13.6. The van der Waals surface area contributed by atoms with Crippen LogP contribution in [-0.2, 0) is 33.9 Å². The summed E-state index contributed by atoms with van der Waals surface area (Å²) < 4.78 is 96.6. The fourth-order valence-corrected chi connectivity index (χ4v) is 8.50. The Morgan fingerprint density at radius 3 is 2.29 bits per heavy atom. The zero-order chi connectivity index (χ0) is 47.8. The van der Waals surface area contributed by atoms with Crippen molar-refractivity contribution in [3.63, 3.8) is 0 Å². The van der Waals surface area contributed by atoms with Gasteiger partial charge in [0.2, 0.25) is 39.2 Å². The summed E-state index contributed by atoms with van der Waals surface area (Å²) in [5.41, 5.74) is -4.61. The number of ether oxygens (including phenoxy) is 5. The minimum Gasteiger partial charge on any atom is -0.497 e. The van der Waals surface area contributed by atoms with Crippen molar-refractivity contribution in [3.8, 4) is 17.5 Å². The molecule has 2 aliphatic heterocycles. The number of alkyl carbamates (subject to hydrolysis) is 1. The van der Waals surface area contributed by atoms with E-state index in [-0.39, 0.29) is 63.3 Å². The van der Waals surface area contributed by atoms with Crippen LogP contribution in [0.4, 0.5) is 18.0 Å². The maximum absolute atomic E-state index is 14.8. The van der Waals surface area contributed by atoms with Crippen molar-refractivity contribution < 1.29 is 68.7 Å². The van der Waals surface area contributed by atoms with Gasteiger partial charge in [0.1, 0.15) is 29.5 Å². The average molecular weight is 966 g/mol. The van der Waals surface area contributed by atoms with Gasteiger partial charge in [-0.3, -0.25) is 19.1 Å². The third kappa shape index (κ3) is 13.0. The Labute approximate surface area is 392 Å². The second-order valence-corrected chi connectivity index (χ2v) is 19.0. The number of rotatable bonds is 10. The lowest BCUT2D eigenvalue weighted by Crippen LogP contribution is -2.61. The van der Waals surface area contributed by atoms with Crippen LogP contribution >= 0.6 is 0 Å². The Hall–Kier alpha value is -4.85. The number of carbonyl (C=O) groups is 4. The zero-order valence-corrected chi connectivity index (χ0v) is 39.2. The number of fused-ring (bicyclic) bond motifs is 3. The van der Waals surface area contributed by atoms with E-state index < -0.39 is 86.1 Å². The second-order valence-electron chi connectivity index (χ2n) is 16.8. The molecule has 0 radical (unpaired) electrons. The predicted molar refractivity (Wildman–Crippen MR) is 252 cm³/mol. The van der Waals surface area contributed by atoms with E-state index in [2.05, 4.69) is 34.2 Å². The van der Waals surface area contributed by atoms with Crippen molar-refractivity contribution >= 4 is 44.6 Å². The largest absolute Gasteiger partial charge is 0.497 e. The van der Waals surface area contributed by atoms with E-state index in [4.69, 9.17) is 23.7 Å². The first-order valence-corrected chi connectivity index (χ1v) is 23.3. The minimum absolute atomic E-state index is 0. The molecule has 4 amide bonds. The van der Waals surface area contributed by atoms with Crippen LogP contribution in [-0.4, -0.2) is 116 Å². The van der Waals surface area contributed by atoms with Crippen molar-refractivity contribution in [2.45, 2.75) is 168 Å². The van der Waals surface area contributed by atoms with Gasteiger partial charge in [-0.15, -0.1) is 0 Å². The van der Waals surface area contributed by atoms with E-state index in [9.17, 15) is 40.8 Å². The molecule has 380 valence electrons. The molecule has 6 rings (SSSR count). The molecular formula is C46H78F3N5O11S. The number of allylic oxidation sites excluding steroid dienone is 1. The molecule has 3 heterocycles. The van der Waals surface area contributed by atoms with E-state index in [0.29, 0.717) is 56.1 Å². The van der Waals surface area contributed by atoms with Gasteiger partial charge in [-0.1, -0.05) is 68.0 Å². The number of hydrogen-bond donors (Lipinski definition) is 3. The molecule has 0 spiro atoms. The maximum atomic E-state index is 14.8. The molecule has 66 heavy (non-hydrogen) atoms. The molecule has 1 aromatic heterocycles. The van der Waals surface area contributed by atoms with E-state index in [1.807, 2.05) is 13.8 Å². The summed E-state index contributed by atoms with van der Waals surface area (Å²) in [6.45, 7) is 12.5. The third-order valence-electron chi connectivity index (χ3n) is 11.5. The van der Waals surface area contributed by atoms with Crippen LogP contribution in [0.15, 0.2) is 36.4 Å². The molecule has 6 atom stereocenters. The summed E-state index contributed by atoms with van der Waals surface area (Å²) in [5, 5.41) is 6.22. The predicted octanol–water partition coefficient (Wildman–Crippen LogP) is 8.51. The van der Waals surface area contributed by atoms with Crippen LogP contribution < -0.4 is 29.6 Å². The smallest absolute Gasteiger partial charge is 0.427 e. The first-order valence-electron chi connectivity index (χ1n) is 21.8. The molecule has 2 aromatic rings. The molecule has 1 aromatic carbocycles. The summed E-state index contributed by atoms with van der Waals surface area (Å²) in [7, 11) is -1.18. The van der Waals surface area contributed by atoms with Crippen molar-refractivity contribution in [2.75, 3.05) is 27.4 Å². The highest BCUT2D eigenvalue weighted by Gasteiger charge is 2.63. The summed E-state index contributed by atoms with van der Waals surface area (Å²) in [5.74, 6) is -2.43. The van der Waals surface area contributed by atoms with Gasteiger partial charge >= 0.3 is 12.3 Å². The minimum atomic E-state index is -4.95. The first kappa shape index (κ1) is 57.3. The van der Waals surface area contributed by atoms with E-state index >= 15 is 0 Å². The number of methoxy groups -OCH3 is 2. The maximum Gasteiger partial charge on any atom is 0.427 e. The van der Waals surface area contributed by atoms with Gasteiger partial charge in [0.05, 0.1) is 31.6 Å². The molecule has 20 heteroatoms. The fraction of sp³-hybridized carbons (Fsp3) is 0.674. The molecule has 0 bridgehead atoms. The molecule has 0 unspecified atom stereocenters. The van der Waals surface area contributed by atoms with Crippen LogP contribution in [0.25, 0.3) is 10.8 Å². The van der Waals surface area contributed by atoms with Gasteiger partial charge < -0.3 is 39.2 Å². The van der Waals surface area contributed by atoms with E-state index in [0.717, 1.165) is 4.90 Å². The molecule has 16 nitrogen and oxygen atoms in total. The number of hydrogen-bond acceptors (Lipinski definition) is 12. The molecule has 3 N–H and O–H groups in total. The summed E-state index contributed by atoms with van der Waals surface area (Å²) in [6.07, 6.45) is -2.23. The lowest BCUT2D eigenvalue weighted by atomic mass is 10.1. The summed E-state index contributed by atoms with van der Waals surface area (Å²) in [4.78, 5) is 61.9. The first-order chi connectivity index (χ1) is 30.1. The van der Waals surface area contributed by atoms with E-state index in [1.54, 1.807) is 43.3 Å². The zero-order valence-electron chi connectivity index (χ0n) is 38.3. The highest BCUT2D eigenvalue weighted by atomic mass is 32.2. The quantitative estimate of drug-likeness (QED) is 0.192. The number of nitrogens with one attached hydrogen (secondary N) is 3. The molecule has 3 fully saturated rings. The molecule has 4 aliphatic rings. The number of carbonyl (C=O) groups excluding carboxylic acids is 4. The molecule has 2 aliphatic carbocycles. The van der Waals surface area contributed by atoms with Crippen LogP contribution in [0.5, 0.6) is 17.5 Å². The average Bonchev–Trinajstić information content (AvgIpc) is 4.12. The summed E-state index contributed by atoms with van der Waals surface area (Å²) in [6, 6.07) is 3.75. The van der Waals surface area contributed by atoms with Gasteiger partial charge in [-0.05, 0) is 82.9 Å². The van der Waals surface area contributed by atoms with Gasteiger partial charge in [-0.25, -0.2) is 13.2 Å². The number of sulfonamides is 1.